The Labute approximate surface area is 197 Å². The van der Waals surface area contributed by atoms with Crippen LogP contribution in [0, 0.1) is 18.8 Å². The van der Waals surface area contributed by atoms with E-state index in [2.05, 4.69) is 17.2 Å². The zero-order chi connectivity index (χ0) is 24.8. The molecule has 1 N–H and O–H groups in total. The van der Waals surface area contributed by atoms with Crippen molar-refractivity contribution in [2.45, 2.75) is 13.5 Å². The molecule has 0 fully saturated rings. The number of hydrogen-bond donors (Lipinski definition) is 1. The number of methoxy groups -OCH3 is 1. The van der Waals surface area contributed by atoms with Gasteiger partial charge >= 0.3 is 18.2 Å². The van der Waals surface area contributed by atoms with Crippen LogP contribution in [0.1, 0.15) is 27.0 Å². The number of carbonyl (C=O) groups is 2. The van der Waals surface area contributed by atoms with Crippen LogP contribution in [0.5, 0.6) is 0 Å². The first kappa shape index (κ1) is 25.6. The number of nitrogens with one attached hydrogen (secondary N) is 1. The van der Waals surface area contributed by atoms with Gasteiger partial charge in [0.1, 0.15) is 6.61 Å². The van der Waals surface area contributed by atoms with Crippen LogP contribution in [-0.2, 0) is 25.7 Å². The van der Waals surface area contributed by atoms with Crippen molar-refractivity contribution in [1.82, 2.24) is 5.32 Å². The zero-order valence-electron chi connectivity index (χ0n) is 18.8. The molecule has 3 aromatic carbocycles. The topological polar surface area (TPSA) is 98.8 Å². The monoisotopic (exact) mass is 457 g/mol. The number of amides is 1. The molecule has 0 radical (unpaired) electrons. The van der Waals surface area contributed by atoms with E-state index in [1.165, 1.54) is 7.11 Å². The molecule has 0 aliphatic heterocycles. The van der Waals surface area contributed by atoms with Gasteiger partial charge in [-0.05, 0) is 47.4 Å². The number of carbonyl (C=O) groups excluding carboxylic acids is 4. The van der Waals surface area contributed by atoms with E-state index in [4.69, 9.17) is 19.1 Å². The SMILES string of the molecule is COC(=O)c1ccc(-c2ccc(C)cc2C#CCNC(=O)OCc2ccccc2)cc1.O=C=O. The summed E-state index contributed by atoms with van der Waals surface area (Å²) in [6.45, 7) is 2.38. The Morgan fingerprint density at radius 1 is 0.941 bits per heavy atom. The second-order valence-corrected chi connectivity index (χ2v) is 6.92. The minimum absolute atomic E-state index is 0.169. The largest absolute Gasteiger partial charge is 0.465 e. The molecule has 7 heteroatoms. The maximum atomic E-state index is 11.8. The van der Waals surface area contributed by atoms with Crippen LogP contribution in [-0.4, -0.2) is 31.9 Å². The van der Waals surface area contributed by atoms with Crippen LogP contribution in [0.3, 0.4) is 0 Å². The van der Waals surface area contributed by atoms with Crippen molar-refractivity contribution in [2.75, 3.05) is 13.7 Å². The molecule has 3 rings (SSSR count). The molecule has 0 unspecified atom stereocenters. The Balaban J connectivity index is 0.00000129. The van der Waals surface area contributed by atoms with Gasteiger partial charge in [0.25, 0.3) is 0 Å². The first-order valence-corrected chi connectivity index (χ1v) is 10.2. The normalized spacial score (nSPS) is 9.24. The van der Waals surface area contributed by atoms with E-state index in [-0.39, 0.29) is 25.3 Å². The summed E-state index contributed by atoms with van der Waals surface area (Å²) in [5, 5.41) is 2.64. The van der Waals surface area contributed by atoms with Crippen LogP contribution in [0.2, 0.25) is 0 Å². The molecule has 0 aliphatic rings. The average molecular weight is 457 g/mol. The van der Waals surface area contributed by atoms with Gasteiger partial charge in [-0.1, -0.05) is 66.4 Å². The quantitative estimate of drug-likeness (QED) is 0.457. The van der Waals surface area contributed by atoms with Crippen molar-refractivity contribution >= 4 is 18.2 Å². The highest BCUT2D eigenvalue weighted by molar-refractivity contribution is 5.90. The van der Waals surface area contributed by atoms with Crippen LogP contribution >= 0.6 is 0 Å². The predicted octanol–water partition coefficient (Wildman–Crippen LogP) is 4.14. The second-order valence-electron chi connectivity index (χ2n) is 6.92. The van der Waals surface area contributed by atoms with Crippen molar-refractivity contribution in [3.05, 3.63) is 95.1 Å². The molecule has 1 amide bonds. The predicted molar refractivity (Wildman–Crippen MR) is 124 cm³/mol. The van der Waals surface area contributed by atoms with E-state index in [9.17, 15) is 9.59 Å². The molecule has 0 aliphatic carbocycles. The van der Waals surface area contributed by atoms with Gasteiger partial charge in [-0.25, -0.2) is 9.59 Å². The Bertz CT molecular complexity index is 1200. The Kier molecular flexibility index (Phi) is 10.3. The zero-order valence-corrected chi connectivity index (χ0v) is 18.8. The van der Waals surface area contributed by atoms with E-state index in [1.54, 1.807) is 12.1 Å². The number of ether oxygens (including phenoxy) is 2. The van der Waals surface area contributed by atoms with E-state index in [0.29, 0.717) is 5.56 Å². The molecular weight excluding hydrogens is 434 g/mol. The summed E-state index contributed by atoms with van der Waals surface area (Å²) in [5.41, 5.74) is 5.21. The van der Waals surface area contributed by atoms with E-state index < -0.39 is 6.09 Å². The van der Waals surface area contributed by atoms with Gasteiger partial charge in [0.15, 0.2) is 0 Å². The number of hydrogen-bond acceptors (Lipinski definition) is 6. The standard InChI is InChI=1S/C26H23NO4.CO2/c1-19-10-15-24(21-11-13-22(14-12-21)25(28)30-2)23(17-19)9-6-16-27-26(29)31-18-20-7-4-3-5-8-20;2-1-3/h3-5,7-8,10-15,17H,16,18H2,1-2H3,(H,27,29);. The molecular formula is C27H23NO6. The fraction of sp³-hybridized carbons (Fsp3) is 0.148. The summed E-state index contributed by atoms with van der Waals surface area (Å²) in [6.07, 6.45) is -0.263. The molecule has 172 valence electrons. The van der Waals surface area contributed by atoms with Crippen molar-refractivity contribution in [2.24, 2.45) is 0 Å². The molecule has 3 aromatic rings. The Hall–Kier alpha value is -4.66. The summed E-state index contributed by atoms with van der Waals surface area (Å²) in [7, 11) is 1.36. The summed E-state index contributed by atoms with van der Waals surface area (Å²) in [4.78, 5) is 39.7. The first-order valence-electron chi connectivity index (χ1n) is 10.2. The summed E-state index contributed by atoms with van der Waals surface area (Å²) in [5.74, 6) is 5.71. The highest BCUT2D eigenvalue weighted by Crippen LogP contribution is 2.25. The lowest BCUT2D eigenvalue weighted by atomic mass is 9.97. The Morgan fingerprint density at radius 3 is 2.26 bits per heavy atom. The van der Waals surface area contributed by atoms with Crippen molar-refractivity contribution in [3.8, 4) is 23.0 Å². The Morgan fingerprint density at radius 2 is 1.62 bits per heavy atom. The van der Waals surface area contributed by atoms with E-state index >= 15 is 0 Å². The number of alkyl carbamates (subject to hydrolysis) is 1. The molecule has 0 saturated heterocycles. The average Bonchev–Trinajstić information content (AvgIpc) is 2.86. The van der Waals surface area contributed by atoms with E-state index in [1.807, 2.05) is 67.6 Å². The van der Waals surface area contributed by atoms with Gasteiger partial charge in [0.2, 0.25) is 0 Å². The lowest BCUT2D eigenvalue weighted by Gasteiger charge is -2.08. The second kappa shape index (κ2) is 13.7. The number of esters is 1. The third kappa shape index (κ3) is 8.12. The lowest BCUT2D eigenvalue weighted by molar-refractivity contribution is -0.191. The molecule has 0 heterocycles. The molecule has 34 heavy (non-hydrogen) atoms. The summed E-state index contributed by atoms with van der Waals surface area (Å²) < 4.78 is 9.92. The van der Waals surface area contributed by atoms with Crippen molar-refractivity contribution in [1.29, 1.82) is 0 Å². The smallest absolute Gasteiger partial charge is 0.408 e. The summed E-state index contributed by atoms with van der Waals surface area (Å²) >= 11 is 0. The number of rotatable bonds is 5. The molecule has 0 aromatic heterocycles. The van der Waals surface area contributed by atoms with Crippen LogP contribution in [0.25, 0.3) is 11.1 Å². The molecule has 0 spiro atoms. The van der Waals surface area contributed by atoms with Gasteiger partial charge in [-0.15, -0.1) is 0 Å². The lowest BCUT2D eigenvalue weighted by Crippen LogP contribution is -2.24. The minimum atomic E-state index is -0.513. The van der Waals surface area contributed by atoms with Gasteiger partial charge in [-0.3, -0.25) is 0 Å². The van der Waals surface area contributed by atoms with Gasteiger partial charge in [0, 0.05) is 5.56 Å². The maximum absolute atomic E-state index is 11.8. The number of aryl methyl sites for hydroxylation is 1. The highest BCUT2D eigenvalue weighted by Gasteiger charge is 2.08. The third-order valence-electron chi connectivity index (χ3n) is 4.55. The summed E-state index contributed by atoms with van der Waals surface area (Å²) in [6, 6.07) is 22.6. The first-order chi connectivity index (χ1) is 16.5. The van der Waals surface area contributed by atoms with Crippen LogP contribution in [0.4, 0.5) is 4.79 Å². The van der Waals surface area contributed by atoms with Crippen molar-refractivity contribution < 1.29 is 28.7 Å². The third-order valence-corrected chi connectivity index (χ3v) is 4.55. The number of benzene rings is 3. The van der Waals surface area contributed by atoms with Gasteiger partial charge in [0.05, 0.1) is 19.2 Å². The van der Waals surface area contributed by atoms with Crippen LogP contribution < -0.4 is 5.32 Å². The van der Waals surface area contributed by atoms with Gasteiger partial charge < -0.3 is 14.8 Å². The van der Waals surface area contributed by atoms with Gasteiger partial charge in [-0.2, -0.15) is 9.59 Å². The molecule has 7 nitrogen and oxygen atoms in total. The van der Waals surface area contributed by atoms with Crippen molar-refractivity contribution in [3.63, 3.8) is 0 Å². The molecule has 0 saturated carbocycles. The minimum Gasteiger partial charge on any atom is -0.465 e. The van der Waals surface area contributed by atoms with E-state index in [0.717, 1.165) is 27.8 Å². The maximum Gasteiger partial charge on any atom is 0.408 e. The fourth-order valence-electron chi connectivity index (χ4n) is 2.95. The molecule has 0 atom stereocenters. The highest BCUT2D eigenvalue weighted by atomic mass is 16.5. The van der Waals surface area contributed by atoms with Crippen LogP contribution in [0.15, 0.2) is 72.8 Å². The fourth-order valence-corrected chi connectivity index (χ4v) is 2.95. The molecule has 0 bridgehead atoms.